The number of alkyl carbamates (subject to hydrolysis) is 1. The lowest BCUT2D eigenvalue weighted by Crippen LogP contribution is -2.60. The number of carbonyl (C=O) groups is 2. The summed E-state index contributed by atoms with van der Waals surface area (Å²) < 4.78 is 14.5. The summed E-state index contributed by atoms with van der Waals surface area (Å²) >= 11 is 17.0. The predicted octanol–water partition coefficient (Wildman–Crippen LogP) is 3.37. The third-order valence-electron chi connectivity index (χ3n) is 4.85. The van der Waals surface area contributed by atoms with E-state index >= 15 is 0 Å². The van der Waals surface area contributed by atoms with Crippen molar-refractivity contribution in [1.29, 1.82) is 0 Å². The molecular formula is C21H39Cl3N4O5. The molecule has 4 atom stereocenters. The average molecular weight is 534 g/mol. The monoisotopic (exact) mass is 532 g/mol. The van der Waals surface area contributed by atoms with Gasteiger partial charge in [-0.1, -0.05) is 48.7 Å². The predicted molar refractivity (Wildman–Crippen MR) is 130 cm³/mol. The number of ether oxygens (including phenoxy) is 3. The summed E-state index contributed by atoms with van der Waals surface area (Å²) in [6.07, 6.45) is 0.511. The van der Waals surface area contributed by atoms with Crippen molar-refractivity contribution in [2.75, 3.05) is 26.8 Å². The summed E-state index contributed by atoms with van der Waals surface area (Å²) in [4.78, 5) is 24.6. The Labute approximate surface area is 212 Å². The summed E-state index contributed by atoms with van der Waals surface area (Å²) in [5.74, 6) is -0.366. The van der Waals surface area contributed by atoms with Gasteiger partial charge in [-0.25, -0.2) is 15.2 Å². The summed E-state index contributed by atoms with van der Waals surface area (Å²) in [5, 5.41) is 8.28. The van der Waals surface area contributed by atoms with Gasteiger partial charge in [0.2, 0.25) is 3.79 Å². The number of halogens is 3. The fourth-order valence-corrected chi connectivity index (χ4v) is 3.59. The van der Waals surface area contributed by atoms with Crippen molar-refractivity contribution >= 4 is 46.9 Å². The Morgan fingerprint density at radius 3 is 2.33 bits per heavy atom. The van der Waals surface area contributed by atoms with E-state index in [4.69, 9.17) is 49.0 Å². The lowest BCUT2D eigenvalue weighted by atomic mass is 10.0. The number of nitrogens with one attached hydrogen (secondary N) is 3. The van der Waals surface area contributed by atoms with Gasteiger partial charge in [-0.15, -0.1) is 0 Å². The minimum Gasteiger partial charge on any atom is -0.460 e. The molecule has 1 saturated heterocycles. The Morgan fingerprint density at radius 2 is 1.82 bits per heavy atom. The Kier molecular flexibility index (Phi) is 12.5. The second kappa shape index (κ2) is 13.5. The highest BCUT2D eigenvalue weighted by Crippen LogP contribution is 2.26. The van der Waals surface area contributed by atoms with Crippen molar-refractivity contribution in [2.45, 2.75) is 88.1 Å². The molecule has 12 heteroatoms. The van der Waals surface area contributed by atoms with E-state index < -0.39 is 33.7 Å². The van der Waals surface area contributed by atoms with E-state index in [9.17, 15) is 9.59 Å². The molecule has 0 radical (unpaired) electrons. The molecule has 1 amide bonds. The van der Waals surface area contributed by atoms with Gasteiger partial charge in [0.15, 0.2) is 0 Å². The number of carbonyl (C=O) groups excluding carboxylic acids is 2. The van der Waals surface area contributed by atoms with E-state index in [0.29, 0.717) is 13.0 Å². The lowest BCUT2D eigenvalue weighted by Gasteiger charge is -2.37. The van der Waals surface area contributed by atoms with E-state index in [1.54, 1.807) is 7.11 Å². The molecule has 1 fully saturated rings. The van der Waals surface area contributed by atoms with E-state index in [0.717, 1.165) is 13.0 Å². The van der Waals surface area contributed by atoms with Gasteiger partial charge in [-0.3, -0.25) is 10.1 Å². The number of alkyl halides is 3. The third-order valence-corrected chi connectivity index (χ3v) is 5.17. The quantitative estimate of drug-likeness (QED) is 0.223. The molecule has 0 aromatic carbocycles. The first-order chi connectivity index (χ1) is 15.1. The summed E-state index contributed by atoms with van der Waals surface area (Å²) in [5.41, 5.74) is 2.59. The third kappa shape index (κ3) is 12.6. The van der Waals surface area contributed by atoms with Gasteiger partial charge < -0.3 is 19.5 Å². The fraction of sp³-hybridized carbons (Fsp3) is 0.905. The molecule has 1 aliphatic rings. The van der Waals surface area contributed by atoms with Crippen LogP contribution < -0.4 is 16.1 Å². The zero-order chi connectivity index (χ0) is 25.4. The van der Waals surface area contributed by atoms with E-state index in [1.807, 2.05) is 46.6 Å². The molecule has 1 aliphatic heterocycles. The number of hydrogen-bond acceptors (Lipinski definition) is 8. The van der Waals surface area contributed by atoms with Crippen molar-refractivity contribution in [1.82, 2.24) is 21.1 Å². The number of methoxy groups -OCH3 is 1. The van der Waals surface area contributed by atoms with Crippen LogP contribution in [-0.2, 0) is 19.0 Å². The molecule has 33 heavy (non-hydrogen) atoms. The van der Waals surface area contributed by atoms with Crippen LogP contribution in [0.1, 0.15) is 54.4 Å². The zero-order valence-electron chi connectivity index (χ0n) is 20.5. The van der Waals surface area contributed by atoms with Crippen LogP contribution in [0, 0.1) is 5.92 Å². The molecule has 0 aromatic rings. The lowest BCUT2D eigenvalue weighted by molar-refractivity contribution is -0.149. The van der Waals surface area contributed by atoms with Crippen molar-refractivity contribution < 1.29 is 23.8 Å². The van der Waals surface area contributed by atoms with Crippen LogP contribution in [-0.4, -0.2) is 77.6 Å². The highest BCUT2D eigenvalue weighted by atomic mass is 35.6. The van der Waals surface area contributed by atoms with Gasteiger partial charge in [-0.05, 0) is 46.5 Å². The summed E-state index contributed by atoms with van der Waals surface area (Å²) in [6, 6.07) is -0.847. The largest absolute Gasteiger partial charge is 0.460 e. The smallest absolute Gasteiger partial charge is 0.408 e. The van der Waals surface area contributed by atoms with Gasteiger partial charge >= 0.3 is 12.1 Å². The van der Waals surface area contributed by atoms with Crippen LogP contribution in [0.3, 0.4) is 0 Å². The topological polar surface area (TPSA) is 101 Å². The molecule has 1 heterocycles. The molecular weight excluding hydrogens is 495 g/mol. The van der Waals surface area contributed by atoms with Gasteiger partial charge in [-0.2, -0.15) is 0 Å². The van der Waals surface area contributed by atoms with Crippen LogP contribution in [0.15, 0.2) is 0 Å². The number of rotatable bonds is 10. The SMILES string of the molecule is COC(NC(C)CN1CCCC(C(=O)OCC(Cl)(Cl)Cl)N1)C(NC(=O)OC(C)(C)C)C(C)C. The molecule has 0 aromatic heterocycles. The number of esters is 1. The normalized spacial score (nSPS) is 20.8. The van der Waals surface area contributed by atoms with E-state index in [2.05, 4.69) is 16.1 Å². The second-order valence-electron chi connectivity index (χ2n) is 9.63. The Hall–Kier alpha value is -0.550. The molecule has 9 nitrogen and oxygen atoms in total. The Balaban J connectivity index is 2.64. The fourth-order valence-electron chi connectivity index (χ4n) is 3.42. The first-order valence-electron chi connectivity index (χ1n) is 11.1. The first-order valence-corrected chi connectivity index (χ1v) is 12.3. The van der Waals surface area contributed by atoms with Crippen molar-refractivity contribution in [2.24, 2.45) is 5.92 Å². The first kappa shape index (κ1) is 30.5. The number of amides is 1. The average Bonchev–Trinajstić information content (AvgIpc) is 2.66. The van der Waals surface area contributed by atoms with Gasteiger partial charge in [0.05, 0.1) is 6.04 Å². The summed E-state index contributed by atoms with van der Waals surface area (Å²) in [6.45, 7) is 12.5. The number of hydrazine groups is 1. The van der Waals surface area contributed by atoms with Crippen LogP contribution in [0.2, 0.25) is 0 Å². The Bertz CT molecular complexity index is 628. The number of nitrogens with zero attached hydrogens (tertiary/aromatic N) is 1. The highest BCUT2D eigenvalue weighted by molar-refractivity contribution is 6.67. The van der Waals surface area contributed by atoms with Gasteiger partial charge in [0.1, 0.15) is 24.5 Å². The van der Waals surface area contributed by atoms with Crippen molar-refractivity contribution in [3.63, 3.8) is 0 Å². The number of hydrogen-bond donors (Lipinski definition) is 3. The molecule has 0 spiro atoms. The maximum Gasteiger partial charge on any atom is 0.408 e. The van der Waals surface area contributed by atoms with Crippen molar-refractivity contribution in [3.8, 4) is 0 Å². The maximum absolute atomic E-state index is 12.3. The second-order valence-corrected chi connectivity index (χ2v) is 12.1. The molecule has 0 bridgehead atoms. The molecule has 0 aliphatic carbocycles. The van der Waals surface area contributed by atoms with Crippen LogP contribution in [0.25, 0.3) is 0 Å². The molecule has 194 valence electrons. The van der Waals surface area contributed by atoms with Crippen LogP contribution in [0.4, 0.5) is 4.79 Å². The van der Waals surface area contributed by atoms with Gasteiger partial charge in [0.25, 0.3) is 0 Å². The zero-order valence-corrected chi connectivity index (χ0v) is 22.8. The standard InChI is InChI=1S/C21H39Cl3N4O5/c1-13(2)16(26-19(30)33-20(4,5)6)17(31-7)25-14(3)11-28-10-8-9-15(27-28)18(29)32-12-21(22,23)24/h13-17,25,27H,8-12H2,1-7H3,(H,26,30). The van der Waals surface area contributed by atoms with Gasteiger partial charge in [0, 0.05) is 26.2 Å². The minimum atomic E-state index is -1.64. The molecule has 1 rings (SSSR count). The summed E-state index contributed by atoms with van der Waals surface area (Å²) in [7, 11) is 1.59. The molecule has 3 N–H and O–H groups in total. The van der Waals surface area contributed by atoms with E-state index in [-0.39, 0.29) is 24.6 Å². The van der Waals surface area contributed by atoms with E-state index in [1.165, 1.54) is 0 Å². The molecule has 4 unspecified atom stereocenters. The highest BCUT2D eigenvalue weighted by Gasteiger charge is 2.32. The van der Waals surface area contributed by atoms with Crippen LogP contribution in [0.5, 0.6) is 0 Å². The van der Waals surface area contributed by atoms with Crippen LogP contribution >= 0.6 is 34.8 Å². The minimum absolute atomic E-state index is 0.0277. The Morgan fingerprint density at radius 1 is 1.18 bits per heavy atom. The molecule has 0 saturated carbocycles. The van der Waals surface area contributed by atoms with Crippen molar-refractivity contribution in [3.05, 3.63) is 0 Å². The maximum atomic E-state index is 12.3.